The number of benzene rings is 2. The second-order valence-electron chi connectivity index (χ2n) is 7.04. The van der Waals surface area contributed by atoms with E-state index in [0.29, 0.717) is 29.5 Å². The van der Waals surface area contributed by atoms with Crippen LogP contribution in [0.4, 0.5) is 5.69 Å². The summed E-state index contributed by atoms with van der Waals surface area (Å²) < 4.78 is 8.12. The van der Waals surface area contributed by atoms with Crippen molar-refractivity contribution in [3.8, 4) is 5.75 Å². The van der Waals surface area contributed by atoms with Crippen LogP contribution in [-0.4, -0.2) is 35.3 Å². The van der Waals surface area contributed by atoms with Gasteiger partial charge >= 0.3 is 0 Å². The van der Waals surface area contributed by atoms with Gasteiger partial charge in [0.05, 0.1) is 18.5 Å². The van der Waals surface area contributed by atoms with Gasteiger partial charge in [0.25, 0.3) is 5.91 Å². The van der Waals surface area contributed by atoms with E-state index in [2.05, 4.69) is 36.7 Å². The third-order valence-corrected chi connectivity index (χ3v) is 5.46. The molecule has 7 nitrogen and oxygen atoms in total. The lowest BCUT2D eigenvalue weighted by atomic mass is 10.1. The molecule has 0 aliphatic heterocycles. The third-order valence-electron chi connectivity index (χ3n) is 4.97. The van der Waals surface area contributed by atoms with Gasteiger partial charge in [-0.05, 0) is 56.2 Å². The summed E-state index contributed by atoms with van der Waals surface area (Å²) in [7, 11) is 3.54. The van der Waals surface area contributed by atoms with E-state index >= 15 is 0 Å². The Balaban J connectivity index is 1.82. The molecule has 3 aromatic rings. The lowest BCUT2D eigenvalue weighted by Gasteiger charge is -2.14. The number of nitrogens with zero attached hydrogens (tertiary/aromatic N) is 3. The number of carbonyl (C=O) groups excluding carboxylic acids is 1. The molecule has 3 rings (SSSR count). The van der Waals surface area contributed by atoms with Crippen LogP contribution < -0.4 is 15.4 Å². The molecule has 2 aromatic carbocycles. The predicted molar refractivity (Wildman–Crippen MR) is 127 cm³/mol. The Hall–Kier alpha value is -3.13. The van der Waals surface area contributed by atoms with Gasteiger partial charge in [0, 0.05) is 29.3 Å². The second-order valence-corrected chi connectivity index (χ2v) is 7.96. The monoisotopic (exact) mass is 483 g/mol. The fraction of sp³-hybridized carbons (Fsp3) is 0.261. The fourth-order valence-electron chi connectivity index (χ4n) is 3.25. The Morgan fingerprint density at radius 2 is 1.97 bits per heavy atom. The number of aromatic nitrogens is 2. The summed E-state index contributed by atoms with van der Waals surface area (Å²) >= 11 is 3.40. The number of rotatable bonds is 6. The summed E-state index contributed by atoms with van der Waals surface area (Å²) in [5, 5.41) is 10.5. The van der Waals surface area contributed by atoms with Gasteiger partial charge in [-0.3, -0.25) is 19.8 Å². The maximum absolute atomic E-state index is 12.8. The van der Waals surface area contributed by atoms with Crippen LogP contribution in [-0.2, 0) is 13.5 Å². The minimum atomic E-state index is -0.254. The van der Waals surface area contributed by atoms with Gasteiger partial charge in [-0.25, -0.2) is 0 Å². The molecule has 0 atom stereocenters. The van der Waals surface area contributed by atoms with E-state index in [9.17, 15) is 4.79 Å². The highest BCUT2D eigenvalue weighted by Crippen LogP contribution is 2.23. The molecule has 1 amide bonds. The van der Waals surface area contributed by atoms with Gasteiger partial charge in [-0.15, -0.1) is 0 Å². The molecule has 0 saturated carbocycles. The first kappa shape index (κ1) is 22.6. The molecule has 8 heteroatoms. The molecular weight excluding hydrogens is 458 g/mol. The molecule has 0 radical (unpaired) electrons. The molecule has 0 aliphatic carbocycles. The number of nitrogens with one attached hydrogen (secondary N) is 2. The maximum atomic E-state index is 12.8. The van der Waals surface area contributed by atoms with Crippen molar-refractivity contribution in [3.05, 3.63) is 75.5 Å². The van der Waals surface area contributed by atoms with E-state index in [1.54, 1.807) is 19.2 Å². The summed E-state index contributed by atoms with van der Waals surface area (Å²) in [6.45, 7) is 4.53. The SMILES string of the molecule is COc1ccccc1NC(=NCCc1c(C)nn(C)c1C)NC(=O)c1cccc(Br)c1. The summed E-state index contributed by atoms with van der Waals surface area (Å²) in [5.74, 6) is 0.760. The normalized spacial score (nSPS) is 11.3. The van der Waals surface area contributed by atoms with E-state index in [4.69, 9.17) is 4.74 Å². The number of guanidine groups is 1. The number of hydrogen-bond donors (Lipinski definition) is 2. The Labute approximate surface area is 190 Å². The molecule has 0 spiro atoms. The van der Waals surface area contributed by atoms with Crippen LogP contribution in [0, 0.1) is 13.8 Å². The summed E-state index contributed by atoms with van der Waals surface area (Å²) in [4.78, 5) is 17.4. The molecule has 0 aliphatic rings. The van der Waals surface area contributed by atoms with Crippen LogP contribution >= 0.6 is 15.9 Å². The third kappa shape index (κ3) is 5.73. The average molecular weight is 484 g/mol. The Morgan fingerprint density at radius 1 is 1.19 bits per heavy atom. The number of carbonyl (C=O) groups is 1. The van der Waals surface area contributed by atoms with Gasteiger partial charge in [0.2, 0.25) is 5.96 Å². The molecule has 162 valence electrons. The van der Waals surface area contributed by atoms with Crippen LogP contribution in [0.5, 0.6) is 5.75 Å². The molecule has 2 N–H and O–H groups in total. The first-order valence-electron chi connectivity index (χ1n) is 9.89. The smallest absolute Gasteiger partial charge is 0.257 e. The van der Waals surface area contributed by atoms with E-state index in [1.807, 2.05) is 62.0 Å². The van der Waals surface area contributed by atoms with Crippen molar-refractivity contribution in [2.45, 2.75) is 20.3 Å². The Morgan fingerprint density at radius 3 is 2.65 bits per heavy atom. The minimum absolute atomic E-state index is 0.254. The van der Waals surface area contributed by atoms with Crippen molar-refractivity contribution in [3.63, 3.8) is 0 Å². The van der Waals surface area contributed by atoms with Gasteiger partial charge in [-0.2, -0.15) is 5.10 Å². The second kappa shape index (κ2) is 10.3. The quantitative estimate of drug-likeness (QED) is 0.405. The number of halogens is 1. The Bertz CT molecular complexity index is 1110. The van der Waals surface area contributed by atoms with Crippen LogP contribution in [0.3, 0.4) is 0 Å². The Kier molecular flexibility index (Phi) is 7.46. The van der Waals surface area contributed by atoms with Crippen molar-refractivity contribution < 1.29 is 9.53 Å². The lowest BCUT2D eigenvalue weighted by Crippen LogP contribution is -2.36. The van der Waals surface area contributed by atoms with Crippen molar-refractivity contribution >= 4 is 33.5 Å². The highest BCUT2D eigenvalue weighted by Gasteiger charge is 2.13. The van der Waals surface area contributed by atoms with Gasteiger partial charge < -0.3 is 10.1 Å². The molecule has 0 fully saturated rings. The molecule has 0 saturated heterocycles. The van der Waals surface area contributed by atoms with E-state index in [0.717, 1.165) is 22.3 Å². The summed E-state index contributed by atoms with van der Waals surface area (Å²) in [5.41, 5.74) is 4.52. The molecule has 0 unspecified atom stereocenters. The zero-order chi connectivity index (χ0) is 22.4. The minimum Gasteiger partial charge on any atom is -0.495 e. The zero-order valence-corrected chi connectivity index (χ0v) is 19.7. The highest BCUT2D eigenvalue weighted by molar-refractivity contribution is 9.10. The van der Waals surface area contributed by atoms with Crippen LogP contribution in [0.15, 0.2) is 58.0 Å². The summed E-state index contributed by atoms with van der Waals surface area (Å²) in [6, 6.07) is 14.7. The van der Waals surface area contributed by atoms with Gasteiger partial charge in [-0.1, -0.05) is 34.1 Å². The number of hydrogen-bond acceptors (Lipinski definition) is 4. The zero-order valence-electron chi connectivity index (χ0n) is 18.1. The molecule has 31 heavy (non-hydrogen) atoms. The summed E-state index contributed by atoms with van der Waals surface area (Å²) in [6.07, 6.45) is 0.718. The van der Waals surface area contributed by atoms with Crippen molar-refractivity contribution in [1.29, 1.82) is 0 Å². The van der Waals surface area contributed by atoms with Gasteiger partial charge in [0.1, 0.15) is 5.75 Å². The average Bonchev–Trinajstić information content (AvgIpc) is 2.99. The van der Waals surface area contributed by atoms with E-state index in [-0.39, 0.29) is 5.91 Å². The number of para-hydroxylation sites is 2. The molecule has 1 aromatic heterocycles. The molecular formula is C23H26BrN5O2. The predicted octanol–water partition coefficient (Wildman–Crippen LogP) is 4.25. The topological polar surface area (TPSA) is 80.5 Å². The number of aryl methyl sites for hydroxylation is 2. The standard InChI is InChI=1S/C23H26BrN5O2/c1-15-19(16(2)29(3)28-15)12-13-25-23(26-20-10-5-6-11-21(20)31-4)27-22(30)17-8-7-9-18(24)14-17/h5-11,14H,12-13H2,1-4H3,(H2,25,26,27,30). The fourth-order valence-corrected chi connectivity index (χ4v) is 3.65. The number of anilines is 1. The lowest BCUT2D eigenvalue weighted by molar-refractivity contribution is 0.0977. The first-order valence-corrected chi connectivity index (χ1v) is 10.7. The number of methoxy groups -OCH3 is 1. The van der Waals surface area contributed by atoms with Crippen molar-refractivity contribution in [1.82, 2.24) is 15.1 Å². The molecule has 0 bridgehead atoms. The van der Waals surface area contributed by atoms with E-state index in [1.165, 1.54) is 5.56 Å². The van der Waals surface area contributed by atoms with Crippen molar-refractivity contribution in [2.75, 3.05) is 19.0 Å². The number of aliphatic imine (C=N–C) groups is 1. The molecule has 1 heterocycles. The van der Waals surface area contributed by atoms with Crippen LogP contribution in [0.1, 0.15) is 27.3 Å². The first-order chi connectivity index (χ1) is 14.9. The van der Waals surface area contributed by atoms with Crippen LogP contribution in [0.25, 0.3) is 0 Å². The van der Waals surface area contributed by atoms with E-state index < -0.39 is 0 Å². The van der Waals surface area contributed by atoms with Crippen molar-refractivity contribution in [2.24, 2.45) is 12.0 Å². The largest absolute Gasteiger partial charge is 0.495 e. The number of ether oxygens (including phenoxy) is 1. The maximum Gasteiger partial charge on any atom is 0.257 e. The highest BCUT2D eigenvalue weighted by atomic mass is 79.9. The van der Waals surface area contributed by atoms with Gasteiger partial charge in [0.15, 0.2) is 0 Å². The number of amides is 1. The van der Waals surface area contributed by atoms with Crippen LogP contribution in [0.2, 0.25) is 0 Å².